The van der Waals surface area contributed by atoms with Gasteiger partial charge in [0.15, 0.2) is 5.82 Å². The van der Waals surface area contributed by atoms with Crippen molar-refractivity contribution in [2.75, 3.05) is 23.7 Å². The molecule has 5 rings (SSSR count). The van der Waals surface area contributed by atoms with Crippen molar-refractivity contribution >= 4 is 40.8 Å². The Morgan fingerprint density at radius 3 is 2.87 bits per heavy atom. The second kappa shape index (κ2) is 8.40. The van der Waals surface area contributed by atoms with Crippen LogP contribution in [0.5, 0.6) is 0 Å². The molecule has 0 aliphatic carbocycles. The van der Waals surface area contributed by atoms with E-state index in [0.29, 0.717) is 11.8 Å². The number of fused-ring (bicyclic) bond motifs is 1. The van der Waals surface area contributed by atoms with Crippen LogP contribution in [0.1, 0.15) is 12.1 Å². The molecule has 1 unspecified atom stereocenters. The average Bonchev–Trinajstić information content (AvgIpc) is 3.51. The van der Waals surface area contributed by atoms with Crippen molar-refractivity contribution in [3.63, 3.8) is 0 Å². The summed E-state index contributed by atoms with van der Waals surface area (Å²) in [5, 5.41) is 17.4. The molecule has 3 aromatic heterocycles. The molecule has 4 aromatic rings. The number of aromatic amines is 1. The van der Waals surface area contributed by atoms with Crippen LogP contribution in [0.2, 0.25) is 0 Å². The number of aryl methyl sites for hydroxylation is 1. The number of carbonyl (C=O) groups is 1. The van der Waals surface area contributed by atoms with Gasteiger partial charge in [-0.05, 0) is 44.2 Å². The van der Waals surface area contributed by atoms with Gasteiger partial charge in [-0.3, -0.25) is 14.3 Å². The third-order valence-corrected chi connectivity index (χ3v) is 6.01. The molecular weight excluding hydrogens is 412 g/mol. The zero-order valence-electron chi connectivity index (χ0n) is 16.9. The van der Waals surface area contributed by atoms with Crippen molar-refractivity contribution in [1.29, 1.82) is 0 Å². The van der Waals surface area contributed by atoms with Crippen molar-refractivity contribution in [2.45, 2.75) is 23.3 Å². The fraction of sp³-hybridized carbons (Fsp3) is 0.238. The highest BCUT2D eigenvalue weighted by Crippen LogP contribution is 2.30. The van der Waals surface area contributed by atoms with Gasteiger partial charge in [0.1, 0.15) is 10.7 Å². The highest BCUT2D eigenvalue weighted by Gasteiger charge is 2.22. The summed E-state index contributed by atoms with van der Waals surface area (Å²) in [6.07, 6.45) is 4.48. The van der Waals surface area contributed by atoms with Crippen LogP contribution >= 0.6 is 11.8 Å². The van der Waals surface area contributed by atoms with E-state index in [1.165, 1.54) is 11.8 Å². The highest BCUT2D eigenvalue weighted by molar-refractivity contribution is 7.99. The molecule has 1 fully saturated rings. The smallest absolute Gasteiger partial charge is 0.228 e. The number of nitrogens with one attached hydrogen (secondary N) is 4. The van der Waals surface area contributed by atoms with Gasteiger partial charge in [-0.25, -0.2) is 9.97 Å². The van der Waals surface area contributed by atoms with E-state index < -0.39 is 0 Å². The van der Waals surface area contributed by atoms with Gasteiger partial charge < -0.3 is 16.0 Å². The van der Waals surface area contributed by atoms with Crippen LogP contribution in [0.25, 0.3) is 5.65 Å². The van der Waals surface area contributed by atoms with Crippen molar-refractivity contribution in [2.24, 2.45) is 5.92 Å². The van der Waals surface area contributed by atoms with Crippen LogP contribution in [0, 0.1) is 12.8 Å². The van der Waals surface area contributed by atoms with Crippen LogP contribution in [-0.4, -0.2) is 43.6 Å². The Morgan fingerprint density at radius 1 is 1.26 bits per heavy atom. The number of amides is 1. The minimum atomic E-state index is 0.0451. The molecule has 4 N–H and O–H groups in total. The number of anilines is 3. The Balaban J connectivity index is 1.32. The number of hydrogen-bond acceptors (Lipinski definition) is 7. The van der Waals surface area contributed by atoms with Gasteiger partial charge in [-0.1, -0.05) is 11.8 Å². The van der Waals surface area contributed by atoms with E-state index in [0.717, 1.165) is 46.5 Å². The number of carbonyl (C=O) groups excluding carboxylic acids is 1. The topological polar surface area (TPSA) is 112 Å². The fourth-order valence-electron chi connectivity index (χ4n) is 3.49. The lowest BCUT2D eigenvalue weighted by molar-refractivity contribution is -0.119. The van der Waals surface area contributed by atoms with Crippen molar-refractivity contribution < 1.29 is 4.79 Å². The lowest BCUT2D eigenvalue weighted by atomic mass is 10.1. The van der Waals surface area contributed by atoms with E-state index in [1.807, 2.05) is 53.9 Å². The third-order valence-electron chi connectivity index (χ3n) is 5.09. The summed E-state index contributed by atoms with van der Waals surface area (Å²) in [6.45, 7) is 3.59. The predicted molar refractivity (Wildman–Crippen MR) is 120 cm³/mol. The van der Waals surface area contributed by atoms with Crippen LogP contribution in [0.3, 0.4) is 0 Å². The van der Waals surface area contributed by atoms with E-state index >= 15 is 0 Å². The van der Waals surface area contributed by atoms with Gasteiger partial charge in [-0.15, -0.1) is 0 Å². The molecular formula is C21H22N8OS. The maximum atomic E-state index is 12.3. The minimum absolute atomic E-state index is 0.0451. The maximum Gasteiger partial charge on any atom is 0.228 e. The summed E-state index contributed by atoms with van der Waals surface area (Å²) in [7, 11) is 0. The largest absolute Gasteiger partial charge is 0.326 e. The van der Waals surface area contributed by atoms with Crippen LogP contribution in [0.4, 0.5) is 17.5 Å². The van der Waals surface area contributed by atoms with Crippen molar-refractivity contribution in [3.05, 3.63) is 54.5 Å². The molecule has 1 saturated heterocycles. The average molecular weight is 435 g/mol. The van der Waals surface area contributed by atoms with Crippen molar-refractivity contribution in [1.82, 2.24) is 29.9 Å². The SMILES string of the molecule is Cc1cc(Nc2nc(Sc3ccc(NC(=O)C4CCNC4)cc3)cc3nccn23)n[nH]1. The van der Waals surface area contributed by atoms with E-state index in [9.17, 15) is 4.79 Å². The molecule has 4 heterocycles. The first kappa shape index (κ1) is 19.6. The summed E-state index contributed by atoms with van der Waals surface area (Å²) >= 11 is 1.53. The Kier molecular flexibility index (Phi) is 5.31. The second-order valence-electron chi connectivity index (χ2n) is 7.44. The number of H-pyrrole nitrogens is 1. The monoisotopic (exact) mass is 434 g/mol. The molecule has 0 radical (unpaired) electrons. The summed E-state index contributed by atoms with van der Waals surface area (Å²) < 4.78 is 1.88. The van der Waals surface area contributed by atoms with E-state index in [-0.39, 0.29) is 11.8 Å². The predicted octanol–water partition coefficient (Wildman–Crippen LogP) is 3.20. The summed E-state index contributed by atoms with van der Waals surface area (Å²) in [5.74, 6) is 1.45. The molecule has 1 aliphatic rings. The summed E-state index contributed by atoms with van der Waals surface area (Å²) in [5.41, 5.74) is 2.56. The Bertz CT molecular complexity index is 1210. The number of hydrogen-bond donors (Lipinski definition) is 4. The highest BCUT2D eigenvalue weighted by atomic mass is 32.2. The molecule has 1 aromatic carbocycles. The van der Waals surface area contributed by atoms with Crippen molar-refractivity contribution in [3.8, 4) is 0 Å². The molecule has 1 amide bonds. The molecule has 158 valence electrons. The first-order valence-corrected chi connectivity index (χ1v) is 10.9. The van der Waals surface area contributed by atoms with Gasteiger partial charge in [0.25, 0.3) is 0 Å². The van der Waals surface area contributed by atoms with Crippen LogP contribution in [0.15, 0.2) is 58.7 Å². The fourth-order valence-corrected chi connectivity index (χ4v) is 4.30. The van der Waals surface area contributed by atoms with Gasteiger partial charge >= 0.3 is 0 Å². The quantitative estimate of drug-likeness (QED) is 0.345. The summed E-state index contributed by atoms with van der Waals surface area (Å²) in [4.78, 5) is 22.4. The van der Waals surface area contributed by atoms with Crippen LogP contribution in [-0.2, 0) is 4.79 Å². The lowest BCUT2D eigenvalue weighted by Crippen LogP contribution is -2.24. The van der Waals surface area contributed by atoms with Gasteiger partial charge in [0.05, 0.1) is 5.92 Å². The van der Waals surface area contributed by atoms with Gasteiger partial charge in [0, 0.05) is 47.3 Å². The Morgan fingerprint density at radius 2 is 2.13 bits per heavy atom. The Hall–Kier alpha value is -3.37. The maximum absolute atomic E-state index is 12.3. The summed E-state index contributed by atoms with van der Waals surface area (Å²) in [6, 6.07) is 11.7. The zero-order valence-corrected chi connectivity index (χ0v) is 17.7. The molecule has 31 heavy (non-hydrogen) atoms. The van der Waals surface area contributed by atoms with Gasteiger partial charge in [0.2, 0.25) is 11.9 Å². The minimum Gasteiger partial charge on any atom is -0.326 e. The Labute approximate surface area is 183 Å². The number of benzene rings is 1. The number of aromatic nitrogens is 5. The molecule has 0 spiro atoms. The molecule has 1 aliphatic heterocycles. The third kappa shape index (κ3) is 4.39. The first-order valence-electron chi connectivity index (χ1n) is 10.1. The molecule has 0 saturated carbocycles. The molecule has 0 bridgehead atoms. The number of imidazole rings is 1. The lowest BCUT2D eigenvalue weighted by Gasteiger charge is -2.11. The normalized spacial score (nSPS) is 16.0. The molecule has 9 nitrogen and oxygen atoms in total. The van der Waals surface area contributed by atoms with E-state index in [2.05, 4.69) is 31.1 Å². The van der Waals surface area contributed by atoms with E-state index in [4.69, 9.17) is 4.98 Å². The standard InChI is InChI=1S/C21H22N8OS/c1-13-10-17(28-27-13)25-21-26-19(11-18-23-8-9-29(18)21)31-16-4-2-15(3-5-16)24-20(30)14-6-7-22-12-14/h2-5,8-11,14,22H,6-7,12H2,1H3,(H,24,30)(H2,25,26,27,28). The molecule has 1 atom stereocenters. The van der Waals surface area contributed by atoms with Crippen LogP contribution < -0.4 is 16.0 Å². The van der Waals surface area contributed by atoms with E-state index in [1.54, 1.807) is 6.20 Å². The van der Waals surface area contributed by atoms with Gasteiger partial charge in [-0.2, -0.15) is 5.10 Å². The first-order chi connectivity index (χ1) is 15.1. The number of nitrogens with zero attached hydrogens (tertiary/aromatic N) is 4. The second-order valence-corrected chi connectivity index (χ2v) is 8.53. The zero-order chi connectivity index (χ0) is 21.2. The molecule has 10 heteroatoms. The number of rotatable bonds is 6.